The zero-order chi connectivity index (χ0) is 24.3. The van der Waals surface area contributed by atoms with Gasteiger partial charge in [0.05, 0.1) is 18.6 Å². The summed E-state index contributed by atoms with van der Waals surface area (Å²) < 4.78 is 9.91. The highest BCUT2D eigenvalue weighted by molar-refractivity contribution is 6.34. The fourth-order valence-corrected chi connectivity index (χ4v) is 3.19. The van der Waals surface area contributed by atoms with Gasteiger partial charge in [-0.2, -0.15) is 0 Å². The molecule has 0 saturated heterocycles. The second-order valence-corrected chi connectivity index (χ2v) is 6.54. The maximum atomic E-state index is 13.1. The van der Waals surface area contributed by atoms with Gasteiger partial charge in [0.15, 0.2) is 0 Å². The number of nitrogens with one attached hydrogen (secondary N) is 2. The van der Waals surface area contributed by atoms with Crippen molar-refractivity contribution in [2.75, 3.05) is 26.6 Å². The van der Waals surface area contributed by atoms with E-state index in [9.17, 15) is 19.2 Å². The average Bonchev–Trinajstić information content (AvgIpc) is 3.06. The van der Waals surface area contributed by atoms with E-state index in [1.54, 1.807) is 14.2 Å². The monoisotopic (exact) mass is 467 g/mol. The molecule has 0 fully saturated rings. The zero-order valence-electron chi connectivity index (χ0n) is 18.5. The first kappa shape index (κ1) is 26.7. The van der Waals surface area contributed by atoms with Crippen LogP contribution in [0.2, 0.25) is 5.02 Å². The van der Waals surface area contributed by atoms with Gasteiger partial charge in [0.1, 0.15) is 35.5 Å². The van der Waals surface area contributed by atoms with E-state index in [1.165, 1.54) is 24.7 Å². The molecule has 0 spiro atoms. The van der Waals surface area contributed by atoms with E-state index in [4.69, 9.17) is 11.6 Å². The van der Waals surface area contributed by atoms with E-state index in [-0.39, 0.29) is 22.8 Å². The van der Waals surface area contributed by atoms with Crippen LogP contribution in [0.15, 0.2) is 29.5 Å². The van der Waals surface area contributed by atoms with Crippen LogP contribution < -0.4 is 16.2 Å². The Hall–Kier alpha value is -3.31. The number of carbonyl (C=O) groups excluding carboxylic acids is 3. The lowest BCUT2D eigenvalue weighted by Crippen LogP contribution is -2.49. The summed E-state index contributed by atoms with van der Waals surface area (Å²) in [6.07, 6.45) is 2.51. The van der Waals surface area contributed by atoms with Crippen LogP contribution in [0.25, 0.3) is 0 Å². The lowest BCUT2D eigenvalue weighted by molar-refractivity contribution is -0.143. The van der Waals surface area contributed by atoms with E-state index in [0.717, 1.165) is 11.7 Å². The van der Waals surface area contributed by atoms with E-state index >= 15 is 0 Å². The summed E-state index contributed by atoms with van der Waals surface area (Å²) in [5, 5.41) is 5.29. The first-order valence-electron chi connectivity index (χ1n) is 9.55. The maximum Gasteiger partial charge on any atom is 0.309 e. The van der Waals surface area contributed by atoms with Gasteiger partial charge in [-0.1, -0.05) is 25.4 Å². The molecule has 1 aliphatic heterocycles. The van der Waals surface area contributed by atoms with Crippen LogP contribution in [0.5, 0.6) is 0 Å². The molecule has 2 N–H and O–H groups in total. The third-order valence-corrected chi connectivity index (χ3v) is 4.36. The Morgan fingerprint density at radius 1 is 1.31 bits per heavy atom. The number of methoxy groups -OCH3 is 2. The minimum atomic E-state index is -1.61. The largest absolute Gasteiger partial charge is 0.469 e. The number of amides is 1. The molecule has 2 aromatic rings. The van der Waals surface area contributed by atoms with Crippen LogP contribution in [0.3, 0.4) is 0 Å². The standard InChI is InChI=1S/C16H14ClN5O5.C2H6O.C2H6/c1-27-12(24)7-16(3-5-23)21-14(25)13-9(17)6-10(15(26)22(13)16)20-11-2-4-18-8-19-11;1-3-2;1-2/h2,4-6,8H,3,7H2,1H3,(H,21,25)(H,18,19,20);1-2H3;1-2H3. The highest BCUT2D eigenvalue weighted by atomic mass is 35.5. The van der Waals surface area contributed by atoms with Crippen LogP contribution in [-0.2, 0) is 24.7 Å². The van der Waals surface area contributed by atoms with Gasteiger partial charge in [0, 0.05) is 26.8 Å². The van der Waals surface area contributed by atoms with E-state index < -0.39 is 29.5 Å². The van der Waals surface area contributed by atoms with Gasteiger partial charge in [0.25, 0.3) is 11.5 Å². The average molecular weight is 468 g/mol. The normalized spacial score (nSPS) is 15.8. The predicted octanol–water partition coefficient (Wildman–Crippen LogP) is 1.87. The topological polar surface area (TPSA) is 142 Å². The number of esters is 1. The van der Waals surface area contributed by atoms with Crippen molar-refractivity contribution in [2.45, 2.75) is 32.4 Å². The first-order valence-corrected chi connectivity index (χ1v) is 9.93. The van der Waals surface area contributed by atoms with E-state index in [0.29, 0.717) is 12.1 Å². The van der Waals surface area contributed by atoms with Crippen LogP contribution in [0.4, 0.5) is 11.5 Å². The number of hydrogen-bond donors (Lipinski definition) is 2. The molecule has 1 unspecified atom stereocenters. The van der Waals surface area contributed by atoms with Crippen molar-refractivity contribution in [1.29, 1.82) is 0 Å². The Kier molecular flexibility index (Phi) is 10.5. The molecule has 3 rings (SSSR count). The first-order chi connectivity index (χ1) is 15.3. The lowest BCUT2D eigenvalue weighted by Gasteiger charge is -2.29. The van der Waals surface area contributed by atoms with Crippen LogP contribution in [0, 0.1) is 0 Å². The van der Waals surface area contributed by atoms with Gasteiger partial charge < -0.3 is 24.9 Å². The molecule has 174 valence electrons. The van der Waals surface area contributed by atoms with Gasteiger partial charge in [-0.15, -0.1) is 0 Å². The lowest BCUT2D eigenvalue weighted by atomic mass is 10.0. The summed E-state index contributed by atoms with van der Waals surface area (Å²) in [4.78, 5) is 56.3. The Bertz CT molecular complexity index is 998. The number of anilines is 2. The molecular weight excluding hydrogens is 442 g/mol. The van der Waals surface area contributed by atoms with Gasteiger partial charge in [-0.25, -0.2) is 9.97 Å². The number of carbonyl (C=O) groups is 3. The van der Waals surface area contributed by atoms with Crippen molar-refractivity contribution in [3.8, 4) is 0 Å². The molecule has 1 aliphatic rings. The van der Waals surface area contributed by atoms with E-state index in [1.807, 2.05) is 13.8 Å². The third kappa shape index (κ3) is 5.89. The number of aldehydes is 1. The number of fused-ring (bicyclic) bond motifs is 1. The summed E-state index contributed by atoms with van der Waals surface area (Å²) in [5.41, 5.74) is -2.39. The highest BCUT2D eigenvalue weighted by Gasteiger charge is 2.46. The highest BCUT2D eigenvalue weighted by Crippen LogP contribution is 2.33. The van der Waals surface area contributed by atoms with Crippen molar-refractivity contribution in [3.05, 3.63) is 45.7 Å². The Morgan fingerprint density at radius 3 is 2.50 bits per heavy atom. The molecule has 0 saturated carbocycles. The quantitative estimate of drug-likeness (QED) is 0.480. The van der Waals surface area contributed by atoms with Crippen molar-refractivity contribution in [3.63, 3.8) is 0 Å². The molecule has 0 aliphatic carbocycles. The number of halogens is 1. The molecule has 0 radical (unpaired) electrons. The van der Waals surface area contributed by atoms with Gasteiger partial charge in [-0.3, -0.25) is 19.0 Å². The Morgan fingerprint density at radius 2 is 1.97 bits per heavy atom. The molecule has 32 heavy (non-hydrogen) atoms. The Balaban J connectivity index is 0.000000944. The number of aromatic nitrogens is 3. The summed E-state index contributed by atoms with van der Waals surface area (Å²) in [7, 11) is 4.41. The third-order valence-electron chi connectivity index (χ3n) is 4.07. The van der Waals surface area contributed by atoms with Crippen LogP contribution >= 0.6 is 11.6 Å². The van der Waals surface area contributed by atoms with Gasteiger partial charge in [0.2, 0.25) is 0 Å². The predicted molar refractivity (Wildman–Crippen MR) is 118 cm³/mol. The molecular formula is C20H26ClN5O6. The van der Waals surface area contributed by atoms with Crippen molar-refractivity contribution in [2.24, 2.45) is 0 Å². The number of nitrogens with zero attached hydrogens (tertiary/aromatic N) is 3. The molecule has 0 bridgehead atoms. The second-order valence-electron chi connectivity index (χ2n) is 6.13. The van der Waals surface area contributed by atoms with Crippen LogP contribution in [0.1, 0.15) is 37.2 Å². The Labute approximate surface area is 190 Å². The summed E-state index contributed by atoms with van der Waals surface area (Å²) in [6.45, 7) is 4.00. The van der Waals surface area contributed by atoms with Gasteiger partial charge >= 0.3 is 5.97 Å². The molecule has 11 nitrogen and oxygen atoms in total. The number of rotatable bonds is 6. The molecule has 0 aromatic carbocycles. The minimum absolute atomic E-state index is 0.0130. The summed E-state index contributed by atoms with van der Waals surface area (Å²) >= 11 is 6.21. The SMILES string of the molecule is CC.COC.COC(=O)CC1(CC=O)NC(=O)c2c(Cl)cc(Nc3ccncn3)c(=O)n21. The minimum Gasteiger partial charge on any atom is -0.469 e. The van der Waals surface area contributed by atoms with Crippen molar-refractivity contribution in [1.82, 2.24) is 19.9 Å². The smallest absolute Gasteiger partial charge is 0.309 e. The zero-order valence-corrected chi connectivity index (χ0v) is 19.2. The fraction of sp³-hybridized carbons (Fsp3) is 0.400. The number of hydrogen-bond acceptors (Lipinski definition) is 9. The molecule has 1 atom stereocenters. The second kappa shape index (κ2) is 12.5. The summed E-state index contributed by atoms with van der Waals surface area (Å²) in [6, 6.07) is 2.81. The number of pyridine rings is 1. The molecule has 1 amide bonds. The van der Waals surface area contributed by atoms with Crippen molar-refractivity contribution >= 4 is 41.3 Å². The molecule has 2 aromatic heterocycles. The van der Waals surface area contributed by atoms with Crippen molar-refractivity contribution < 1.29 is 23.9 Å². The summed E-state index contributed by atoms with van der Waals surface area (Å²) in [5.74, 6) is -1.05. The molecule has 12 heteroatoms. The van der Waals surface area contributed by atoms with E-state index in [2.05, 4.69) is 30.1 Å². The number of ether oxygens (including phenoxy) is 2. The van der Waals surface area contributed by atoms with Gasteiger partial charge in [-0.05, 0) is 12.1 Å². The van der Waals surface area contributed by atoms with Crippen LogP contribution in [-0.4, -0.2) is 54.0 Å². The molecule has 3 heterocycles. The fourth-order valence-electron chi connectivity index (χ4n) is 2.91. The maximum absolute atomic E-state index is 13.1.